The summed E-state index contributed by atoms with van der Waals surface area (Å²) in [6.45, 7) is 0.422. The molecule has 0 bridgehead atoms. The molecule has 2 N–H and O–H groups in total. The summed E-state index contributed by atoms with van der Waals surface area (Å²) in [7, 11) is 1.58. The maximum atomic E-state index is 13.5. The molecule has 1 atom stereocenters. The Morgan fingerprint density at radius 1 is 1.42 bits per heavy atom. The Morgan fingerprint density at radius 3 is 2.95 bits per heavy atom. The molecule has 0 radical (unpaired) electrons. The lowest BCUT2D eigenvalue weighted by Crippen LogP contribution is -2.28. The van der Waals surface area contributed by atoms with Gasteiger partial charge in [0.05, 0.1) is 6.61 Å². The number of hydrogen-bond donors (Lipinski definition) is 1. The van der Waals surface area contributed by atoms with E-state index in [9.17, 15) is 4.39 Å². The van der Waals surface area contributed by atoms with Crippen molar-refractivity contribution in [2.75, 3.05) is 13.7 Å². The van der Waals surface area contributed by atoms with Crippen molar-refractivity contribution in [3.63, 3.8) is 0 Å². The molecule has 1 aromatic heterocycles. The van der Waals surface area contributed by atoms with Crippen LogP contribution in [-0.4, -0.2) is 29.9 Å². The second kappa shape index (κ2) is 6.40. The van der Waals surface area contributed by atoms with Gasteiger partial charge in [-0.25, -0.2) is 4.39 Å². The predicted octanol–water partition coefficient (Wildman–Crippen LogP) is 1.32. The molecular formula is C13H16FN3O2. The van der Waals surface area contributed by atoms with E-state index in [1.54, 1.807) is 25.3 Å². The van der Waals surface area contributed by atoms with Crippen LogP contribution in [0.5, 0.6) is 0 Å². The molecule has 1 aromatic carbocycles. The first-order valence-electron chi connectivity index (χ1n) is 5.98. The zero-order chi connectivity index (χ0) is 13.7. The topological polar surface area (TPSA) is 74.2 Å². The van der Waals surface area contributed by atoms with E-state index in [1.807, 2.05) is 0 Å². The van der Waals surface area contributed by atoms with E-state index in [1.165, 1.54) is 6.07 Å². The molecule has 0 saturated heterocycles. The van der Waals surface area contributed by atoms with Crippen molar-refractivity contribution in [2.45, 2.75) is 18.9 Å². The van der Waals surface area contributed by atoms with Crippen molar-refractivity contribution in [2.24, 2.45) is 5.73 Å². The summed E-state index contributed by atoms with van der Waals surface area (Å²) in [6, 6.07) is 6.33. The van der Waals surface area contributed by atoms with Crippen molar-refractivity contribution in [3.8, 4) is 0 Å². The molecule has 1 unspecified atom stereocenters. The molecule has 6 heteroatoms. The largest absolute Gasteiger partial charge is 0.383 e. The molecule has 19 heavy (non-hydrogen) atoms. The van der Waals surface area contributed by atoms with Crippen LogP contribution >= 0.6 is 0 Å². The Morgan fingerprint density at radius 2 is 2.21 bits per heavy atom. The first-order chi connectivity index (χ1) is 9.19. The molecule has 0 fully saturated rings. The van der Waals surface area contributed by atoms with Gasteiger partial charge in [0.25, 0.3) is 0 Å². The van der Waals surface area contributed by atoms with E-state index < -0.39 is 0 Å². The van der Waals surface area contributed by atoms with Crippen LogP contribution in [0, 0.1) is 5.82 Å². The number of benzene rings is 1. The molecule has 0 aliphatic carbocycles. The van der Waals surface area contributed by atoms with Gasteiger partial charge in [-0.05, 0) is 11.6 Å². The van der Waals surface area contributed by atoms with Gasteiger partial charge >= 0.3 is 0 Å². The Bertz CT molecular complexity index is 530. The number of aromatic nitrogens is 2. The van der Waals surface area contributed by atoms with Crippen LogP contribution in [0.2, 0.25) is 0 Å². The molecule has 1 heterocycles. The third-order valence-corrected chi connectivity index (χ3v) is 2.63. The number of halogens is 1. The minimum Gasteiger partial charge on any atom is -0.383 e. The van der Waals surface area contributed by atoms with Gasteiger partial charge in [0.1, 0.15) is 5.82 Å². The summed E-state index contributed by atoms with van der Waals surface area (Å²) in [5.74, 6) is 0.616. The summed E-state index contributed by atoms with van der Waals surface area (Å²) >= 11 is 0. The molecule has 102 valence electrons. The van der Waals surface area contributed by atoms with Gasteiger partial charge in [0, 0.05) is 26.0 Å². The fourth-order valence-electron chi connectivity index (χ4n) is 1.75. The Kier molecular flexibility index (Phi) is 4.59. The quantitative estimate of drug-likeness (QED) is 0.852. The maximum Gasteiger partial charge on any atom is 0.228 e. The van der Waals surface area contributed by atoms with Gasteiger partial charge in [-0.15, -0.1) is 0 Å². The highest BCUT2D eigenvalue weighted by Crippen LogP contribution is 2.11. The summed E-state index contributed by atoms with van der Waals surface area (Å²) in [5.41, 5.74) is 6.33. The standard InChI is InChI=1S/C13H16FN3O2/c1-18-8-10(15)7-13-16-12(17-19-13)6-9-4-2-3-5-11(9)14/h2-5,10H,6-8,15H2,1H3. The van der Waals surface area contributed by atoms with Crippen LogP contribution in [0.4, 0.5) is 4.39 Å². The molecule has 0 aliphatic heterocycles. The fourth-order valence-corrected chi connectivity index (χ4v) is 1.75. The van der Waals surface area contributed by atoms with Gasteiger partial charge in [0.15, 0.2) is 5.82 Å². The second-order valence-electron chi connectivity index (χ2n) is 4.29. The summed E-state index contributed by atoms with van der Waals surface area (Å²) in [5, 5.41) is 3.82. The highest BCUT2D eigenvalue weighted by molar-refractivity contribution is 5.20. The fraction of sp³-hybridized carbons (Fsp3) is 0.385. The number of nitrogens with zero attached hydrogens (tertiary/aromatic N) is 2. The molecule has 2 rings (SSSR count). The first kappa shape index (κ1) is 13.6. The van der Waals surface area contributed by atoms with E-state index >= 15 is 0 Å². The van der Waals surface area contributed by atoms with E-state index in [0.717, 1.165) is 0 Å². The Balaban J connectivity index is 2.00. The summed E-state index contributed by atoms with van der Waals surface area (Å²) in [6.07, 6.45) is 0.744. The first-order valence-corrected chi connectivity index (χ1v) is 5.98. The van der Waals surface area contributed by atoms with Gasteiger partial charge in [-0.2, -0.15) is 4.98 Å². The van der Waals surface area contributed by atoms with Gasteiger partial charge in [0.2, 0.25) is 5.89 Å². The van der Waals surface area contributed by atoms with Crippen LogP contribution in [-0.2, 0) is 17.6 Å². The smallest absolute Gasteiger partial charge is 0.228 e. The van der Waals surface area contributed by atoms with E-state index in [0.29, 0.717) is 36.7 Å². The zero-order valence-corrected chi connectivity index (χ0v) is 10.7. The minimum absolute atomic E-state index is 0.188. The summed E-state index contributed by atoms with van der Waals surface area (Å²) < 4.78 is 23.5. The van der Waals surface area contributed by atoms with Crippen molar-refractivity contribution in [1.29, 1.82) is 0 Å². The van der Waals surface area contributed by atoms with E-state index in [2.05, 4.69) is 10.1 Å². The zero-order valence-electron chi connectivity index (χ0n) is 10.7. The third kappa shape index (κ3) is 3.84. The SMILES string of the molecule is COCC(N)Cc1nc(Cc2ccccc2F)no1. The highest BCUT2D eigenvalue weighted by Gasteiger charge is 2.12. The third-order valence-electron chi connectivity index (χ3n) is 2.63. The van der Waals surface area contributed by atoms with Crippen molar-refractivity contribution >= 4 is 0 Å². The molecule has 0 saturated carbocycles. The Hall–Kier alpha value is -1.79. The van der Waals surface area contributed by atoms with E-state index in [4.69, 9.17) is 15.0 Å². The van der Waals surface area contributed by atoms with Crippen molar-refractivity contribution in [1.82, 2.24) is 10.1 Å². The molecular weight excluding hydrogens is 249 g/mol. The van der Waals surface area contributed by atoms with Gasteiger partial charge in [-0.3, -0.25) is 0 Å². The molecule has 5 nitrogen and oxygen atoms in total. The van der Waals surface area contributed by atoms with Crippen LogP contribution in [0.3, 0.4) is 0 Å². The van der Waals surface area contributed by atoms with Crippen molar-refractivity contribution < 1.29 is 13.7 Å². The van der Waals surface area contributed by atoms with Crippen molar-refractivity contribution in [3.05, 3.63) is 47.4 Å². The predicted molar refractivity (Wildman–Crippen MR) is 67.1 cm³/mol. The van der Waals surface area contributed by atoms with Gasteiger partial charge < -0.3 is 15.0 Å². The number of rotatable bonds is 6. The lowest BCUT2D eigenvalue weighted by molar-refractivity contribution is 0.176. The Labute approximate surface area is 110 Å². The minimum atomic E-state index is -0.273. The number of methoxy groups -OCH3 is 1. The van der Waals surface area contributed by atoms with Crippen LogP contribution in [0.15, 0.2) is 28.8 Å². The lowest BCUT2D eigenvalue weighted by atomic mass is 10.1. The lowest BCUT2D eigenvalue weighted by Gasteiger charge is -2.05. The highest BCUT2D eigenvalue weighted by atomic mass is 19.1. The van der Waals surface area contributed by atoms with Crippen LogP contribution in [0.1, 0.15) is 17.3 Å². The maximum absolute atomic E-state index is 13.5. The van der Waals surface area contributed by atoms with Gasteiger partial charge in [-0.1, -0.05) is 23.4 Å². The number of ether oxygens (including phenoxy) is 1. The number of hydrogen-bond acceptors (Lipinski definition) is 5. The average Bonchev–Trinajstić information content (AvgIpc) is 2.80. The van der Waals surface area contributed by atoms with Crippen LogP contribution in [0.25, 0.3) is 0 Å². The number of nitrogens with two attached hydrogens (primary N) is 1. The normalized spacial score (nSPS) is 12.6. The average molecular weight is 265 g/mol. The molecule has 0 spiro atoms. The van der Waals surface area contributed by atoms with Crippen LogP contribution < -0.4 is 5.73 Å². The summed E-state index contributed by atoms with van der Waals surface area (Å²) in [4.78, 5) is 4.19. The molecule has 0 aliphatic rings. The second-order valence-corrected chi connectivity index (χ2v) is 4.29. The van der Waals surface area contributed by atoms with E-state index in [-0.39, 0.29) is 11.9 Å². The monoisotopic (exact) mass is 265 g/mol. The molecule has 0 amide bonds. The molecule has 2 aromatic rings.